The first-order valence-electron chi connectivity index (χ1n) is 9.37. The molecule has 0 radical (unpaired) electrons. The van der Waals surface area contributed by atoms with Crippen molar-refractivity contribution in [1.82, 2.24) is 16.2 Å². The number of hydrogen-bond acceptors (Lipinski definition) is 6. The monoisotopic (exact) mass is 388 g/mol. The van der Waals surface area contributed by atoms with E-state index in [9.17, 15) is 4.79 Å². The molecule has 2 heterocycles. The maximum absolute atomic E-state index is 12.2. The van der Waals surface area contributed by atoms with Gasteiger partial charge in [0.25, 0.3) is 0 Å². The van der Waals surface area contributed by atoms with E-state index < -0.39 is 0 Å². The lowest BCUT2D eigenvalue weighted by molar-refractivity contribution is -0.119. The number of nitrogens with one attached hydrogen (secondary N) is 4. The van der Waals surface area contributed by atoms with E-state index in [1.54, 1.807) is 0 Å². The molecule has 4 N–H and O–H groups in total. The van der Waals surface area contributed by atoms with Gasteiger partial charge in [-0.2, -0.15) is 0 Å². The maximum Gasteiger partial charge on any atom is 0.230 e. The Morgan fingerprint density at radius 1 is 1.37 bits per heavy atom. The first-order chi connectivity index (χ1) is 12.9. The summed E-state index contributed by atoms with van der Waals surface area (Å²) in [5, 5.41) is 12.5. The number of aliphatic imine (C=N–C) groups is 1. The second-order valence-electron chi connectivity index (χ2n) is 7.18. The molecule has 0 spiro atoms. The highest BCUT2D eigenvalue weighted by atomic mass is 32.2. The van der Waals surface area contributed by atoms with Crippen molar-refractivity contribution in [3.8, 4) is 0 Å². The number of nitrogens with zero attached hydrogens (tertiary/aromatic N) is 2. The number of carbonyl (C=O) groups excluding carboxylic acids is 1. The Kier molecular flexibility index (Phi) is 6.18. The van der Waals surface area contributed by atoms with Crippen LogP contribution in [0.3, 0.4) is 0 Å². The summed E-state index contributed by atoms with van der Waals surface area (Å²) in [6, 6.07) is 8.32. The number of amides is 1. The van der Waals surface area contributed by atoms with Gasteiger partial charge in [-0.05, 0) is 39.3 Å². The van der Waals surface area contributed by atoms with Gasteiger partial charge in [-0.1, -0.05) is 36.4 Å². The molecule has 0 aromatic heterocycles. The number of amidine groups is 2. The van der Waals surface area contributed by atoms with E-state index in [2.05, 4.69) is 16.2 Å². The smallest absolute Gasteiger partial charge is 0.230 e. The van der Waals surface area contributed by atoms with Gasteiger partial charge in [0.2, 0.25) is 5.91 Å². The van der Waals surface area contributed by atoms with Gasteiger partial charge in [0.15, 0.2) is 5.17 Å². The van der Waals surface area contributed by atoms with Crippen LogP contribution in [0.4, 0.5) is 5.69 Å². The zero-order chi connectivity index (χ0) is 19.6. The van der Waals surface area contributed by atoms with Gasteiger partial charge in [-0.25, -0.2) is 10.4 Å². The number of benzene rings is 1. The quantitative estimate of drug-likeness (QED) is 0.621. The predicted octanol–water partition coefficient (Wildman–Crippen LogP) is 2.23. The summed E-state index contributed by atoms with van der Waals surface area (Å²) in [7, 11) is 0. The molecule has 27 heavy (non-hydrogen) atoms. The molecule has 4 unspecified atom stereocenters. The Labute approximate surface area is 164 Å². The van der Waals surface area contributed by atoms with Crippen molar-refractivity contribution < 1.29 is 4.79 Å². The number of anilines is 1. The van der Waals surface area contributed by atoms with Crippen molar-refractivity contribution in [2.24, 2.45) is 10.9 Å². The van der Waals surface area contributed by atoms with Crippen LogP contribution in [-0.4, -0.2) is 40.9 Å². The molecule has 3 rings (SSSR count). The van der Waals surface area contributed by atoms with Crippen LogP contribution < -0.4 is 21.1 Å². The third kappa shape index (κ3) is 4.34. The van der Waals surface area contributed by atoms with Gasteiger partial charge in [-0.3, -0.25) is 20.5 Å². The van der Waals surface area contributed by atoms with Crippen LogP contribution >= 0.6 is 11.8 Å². The highest BCUT2D eigenvalue weighted by Crippen LogP contribution is 2.31. The van der Waals surface area contributed by atoms with E-state index in [-0.39, 0.29) is 35.8 Å². The number of hydrogen-bond donors (Lipinski definition) is 4. The molecule has 1 aromatic rings. The third-order valence-corrected chi connectivity index (χ3v) is 5.93. The number of rotatable bonds is 5. The Morgan fingerprint density at radius 3 is 2.74 bits per heavy atom. The molecule has 1 amide bonds. The van der Waals surface area contributed by atoms with Gasteiger partial charge in [-0.15, -0.1) is 0 Å². The SMILES string of the molecule is CCC(C)NC(=O)CSC1=NC2NNC(C)C2C(=N)N1c1ccc(C)cc1. The molecule has 4 atom stereocenters. The van der Waals surface area contributed by atoms with E-state index in [4.69, 9.17) is 10.4 Å². The molecule has 0 bridgehead atoms. The molecule has 1 aromatic carbocycles. The zero-order valence-electron chi connectivity index (χ0n) is 16.2. The fourth-order valence-corrected chi connectivity index (χ4v) is 4.06. The van der Waals surface area contributed by atoms with Crippen molar-refractivity contribution in [1.29, 1.82) is 5.41 Å². The van der Waals surface area contributed by atoms with Crippen LogP contribution in [0.5, 0.6) is 0 Å². The zero-order valence-corrected chi connectivity index (χ0v) is 17.1. The van der Waals surface area contributed by atoms with Gasteiger partial charge >= 0.3 is 0 Å². The van der Waals surface area contributed by atoms with Gasteiger partial charge in [0.1, 0.15) is 12.0 Å². The van der Waals surface area contributed by atoms with E-state index in [1.807, 2.05) is 56.9 Å². The summed E-state index contributed by atoms with van der Waals surface area (Å²) in [6.45, 7) is 8.13. The van der Waals surface area contributed by atoms with Crippen LogP contribution in [0.25, 0.3) is 0 Å². The van der Waals surface area contributed by atoms with Crippen LogP contribution in [0.1, 0.15) is 32.8 Å². The number of thioether (sulfide) groups is 1. The second kappa shape index (κ2) is 8.41. The summed E-state index contributed by atoms with van der Waals surface area (Å²) in [4.78, 5) is 18.9. The average Bonchev–Trinajstić information content (AvgIpc) is 3.02. The van der Waals surface area contributed by atoms with Crippen molar-refractivity contribution in [2.45, 2.75) is 52.4 Å². The van der Waals surface area contributed by atoms with E-state index in [0.717, 1.165) is 17.7 Å². The first kappa shape index (κ1) is 19.9. The summed E-state index contributed by atoms with van der Waals surface area (Å²) < 4.78 is 0. The standard InChI is InChI=1S/C19H28N6OS/c1-5-12(3)21-15(26)10-27-19-22-18-16(13(4)23-24-18)17(20)25(19)14-8-6-11(2)7-9-14/h6-9,12-13,16,18,20,23-24H,5,10H2,1-4H3,(H,21,26). The van der Waals surface area contributed by atoms with E-state index in [1.165, 1.54) is 11.8 Å². The third-order valence-electron chi connectivity index (χ3n) is 4.98. The minimum absolute atomic E-state index is 0.0135. The van der Waals surface area contributed by atoms with Crippen LogP contribution in [0.15, 0.2) is 29.3 Å². The summed E-state index contributed by atoms with van der Waals surface area (Å²) >= 11 is 1.37. The fraction of sp³-hybridized carbons (Fsp3) is 0.526. The largest absolute Gasteiger partial charge is 0.353 e. The molecule has 146 valence electrons. The summed E-state index contributed by atoms with van der Waals surface area (Å²) in [5.74, 6) is 0.706. The lowest BCUT2D eigenvalue weighted by Crippen LogP contribution is -2.50. The molecule has 1 fully saturated rings. The molecule has 0 saturated carbocycles. The molecular formula is C19H28N6OS. The Bertz CT molecular complexity index is 734. The minimum atomic E-state index is -0.186. The highest BCUT2D eigenvalue weighted by molar-refractivity contribution is 8.14. The lowest BCUT2D eigenvalue weighted by atomic mass is 9.97. The van der Waals surface area contributed by atoms with E-state index in [0.29, 0.717) is 11.0 Å². The summed E-state index contributed by atoms with van der Waals surface area (Å²) in [6.07, 6.45) is 0.712. The van der Waals surface area contributed by atoms with Gasteiger partial charge in [0, 0.05) is 17.8 Å². The normalized spacial score (nSPS) is 25.8. The van der Waals surface area contributed by atoms with Crippen molar-refractivity contribution in [3.63, 3.8) is 0 Å². The Balaban J connectivity index is 1.83. The topological polar surface area (TPSA) is 92.6 Å². The minimum Gasteiger partial charge on any atom is -0.353 e. The second-order valence-corrected chi connectivity index (χ2v) is 8.12. The van der Waals surface area contributed by atoms with Crippen LogP contribution in [0.2, 0.25) is 0 Å². The number of carbonyl (C=O) groups is 1. The van der Waals surface area contributed by atoms with Crippen molar-refractivity contribution in [2.75, 3.05) is 10.7 Å². The number of fused-ring (bicyclic) bond motifs is 1. The van der Waals surface area contributed by atoms with Gasteiger partial charge < -0.3 is 5.32 Å². The van der Waals surface area contributed by atoms with Crippen LogP contribution in [-0.2, 0) is 4.79 Å². The number of hydrazine groups is 1. The lowest BCUT2D eigenvalue weighted by Gasteiger charge is -2.36. The first-order valence-corrected chi connectivity index (χ1v) is 10.4. The molecule has 0 aliphatic carbocycles. The molecular weight excluding hydrogens is 360 g/mol. The molecule has 1 saturated heterocycles. The average molecular weight is 389 g/mol. The molecule has 2 aliphatic rings. The number of aryl methyl sites for hydroxylation is 1. The molecule has 8 heteroatoms. The predicted molar refractivity (Wildman–Crippen MR) is 112 cm³/mol. The van der Waals surface area contributed by atoms with Crippen LogP contribution in [0, 0.1) is 18.3 Å². The Hall–Kier alpha value is -1.90. The van der Waals surface area contributed by atoms with Crippen molar-refractivity contribution in [3.05, 3.63) is 29.8 Å². The molecule has 7 nitrogen and oxygen atoms in total. The molecule has 2 aliphatic heterocycles. The van der Waals surface area contributed by atoms with Gasteiger partial charge in [0.05, 0.1) is 11.7 Å². The summed E-state index contributed by atoms with van der Waals surface area (Å²) in [5.41, 5.74) is 8.40. The highest BCUT2D eigenvalue weighted by Gasteiger charge is 2.43. The fourth-order valence-electron chi connectivity index (χ4n) is 3.19. The Morgan fingerprint density at radius 2 is 2.07 bits per heavy atom. The van der Waals surface area contributed by atoms with E-state index >= 15 is 0 Å². The maximum atomic E-state index is 12.2. The van der Waals surface area contributed by atoms with Crippen molar-refractivity contribution >= 4 is 34.4 Å².